The minimum atomic E-state index is -0.153. The van der Waals surface area contributed by atoms with Crippen molar-refractivity contribution in [1.29, 1.82) is 0 Å². The molecule has 0 atom stereocenters. The van der Waals surface area contributed by atoms with E-state index in [1.807, 2.05) is 0 Å². The lowest BCUT2D eigenvalue weighted by Crippen LogP contribution is -2.11. The Kier molecular flexibility index (Phi) is 6.82. The van der Waals surface area contributed by atoms with E-state index in [0.29, 0.717) is 11.3 Å². The molecule has 1 rings (SSSR count). The van der Waals surface area contributed by atoms with Gasteiger partial charge in [0.1, 0.15) is 0 Å². The molecule has 1 aromatic rings. The second kappa shape index (κ2) is 8.43. The number of aromatic nitrogens is 1. The Morgan fingerprint density at radius 2 is 2.05 bits per heavy atom. The molecule has 4 nitrogen and oxygen atoms in total. The molecule has 1 amide bonds. The average Bonchev–Trinajstić information content (AvgIpc) is 2.40. The van der Waals surface area contributed by atoms with Gasteiger partial charge in [-0.15, -0.1) is 0 Å². The molecule has 1 heterocycles. The van der Waals surface area contributed by atoms with Crippen LogP contribution in [0.3, 0.4) is 0 Å². The molecule has 0 aliphatic rings. The summed E-state index contributed by atoms with van der Waals surface area (Å²) in [6, 6.07) is 1.69. The maximum atomic E-state index is 11.9. The number of hydrogen-bond acceptors (Lipinski definition) is 3. The number of aliphatic hydroxyl groups is 1. The number of aliphatic hydroxyl groups excluding tert-OH is 1. The van der Waals surface area contributed by atoms with Crippen LogP contribution in [-0.2, 0) is 11.4 Å². The molecule has 2 N–H and O–H groups in total. The van der Waals surface area contributed by atoms with Crippen molar-refractivity contribution < 1.29 is 9.90 Å². The Bertz CT molecular complexity index is 434. The van der Waals surface area contributed by atoms with Gasteiger partial charge in [-0.25, -0.2) is 0 Å². The molecule has 0 aliphatic carbocycles. The molecular formula is C15H22N2O2. The first kappa shape index (κ1) is 15.4. The van der Waals surface area contributed by atoms with E-state index in [0.717, 1.165) is 31.3 Å². The van der Waals surface area contributed by atoms with E-state index in [4.69, 9.17) is 0 Å². The fraction of sp³-hybridized carbons (Fsp3) is 0.467. The third-order valence-electron chi connectivity index (χ3n) is 2.82. The topological polar surface area (TPSA) is 62.2 Å². The molecule has 0 spiro atoms. The number of nitrogens with zero attached hydrogens (tertiary/aromatic N) is 1. The fourth-order valence-electron chi connectivity index (χ4n) is 1.94. The summed E-state index contributed by atoms with van der Waals surface area (Å²) in [6.45, 7) is 4.09. The molecular weight excluding hydrogens is 240 g/mol. The molecule has 0 aromatic carbocycles. The number of allylic oxidation sites excluding steroid dienone is 1. The van der Waals surface area contributed by atoms with Gasteiger partial charge in [0.25, 0.3) is 0 Å². The fourth-order valence-corrected chi connectivity index (χ4v) is 1.94. The maximum Gasteiger partial charge on any atom is 0.248 e. The molecule has 0 saturated carbocycles. The van der Waals surface area contributed by atoms with Gasteiger partial charge in [-0.05, 0) is 18.9 Å². The second-order valence-corrected chi connectivity index (χ2v) is 4.48. The molecule has 1 aromatic heterocycles. The lowest BCUT2D eigenvalue weighted by atomic mass is 10.1. The van der Waals surface area contributed by atoms with Crippen molar-refractivity contribution >= 4 is 11.6 Å². The third kappa shape index (κ3) is 5.22. The normalized spacial score (nSPS) is 10.1. The molecule has 19 heavy (non-hydrogen) atoms. The van der Waals surface area contributed by atoms with Gasteiger partial charge in [-0.3, -0.25) is 9.78 Å². The van der Waals surface area contributed by atoms with Gasteiger partial charge in [0.15, 0.2) is 0 Å². The van der Waals surface area contributed by atoms with Crippen LogP contribution in [0.4, 0.5) is 5.69 Å². The number of hydrogen-bond donors (Lipinski definition) is 2. The van der Waals surface area contributed by atoms with Gasteiger partial charge >= 0.3 is 0 Å². The third-order valence-corrected chi connectivity index (χ3v) is 2.82. The maximum absolute atomic E-state index is 11.9. The summed E-state index contributed by atoms with van der Waals surface area (Å²) in [7, 11) is 0. The Morgan fingerprint density at radius 3 is 2.63 bits per heavy atom. The summed E-state index contributed by atoms with van der Waals surface area (Å²) in [5, 5.41) is 12.0. The Balaban J connectivity index is 2.75. The molecule has 0 fully saturated rings. The highest BCUT2D eigenvalue weighted by molar-refractivity contribution is 6.00. The van der Waals surface area contributed by atoms with E-state index in [2.05, 4.69) is 24.1 Å². The number of carbonyl (C=O) groups excluding carboxylic acids is 1. The van der Waals surface area contributed by atoms with E-state index in [1.54, 1.807) is 24.5 Å². The quantitative estimate of drug-likeness (QED) is 0.742. The van der Waals surface area contributed by atoms with Crippen LogP contribution in [-0.4, -0.2) is 16.0 Å². The predicted octanol–water partition coefficient (Wildman–Crippen LogP) is 3.04. The SMILES string of the molecule is CCCC(=CC(=O)Nc1cnccc1CO)CCC. The number of anilines is 1. The number of amides is 1. The van der Waals surface area contributed by atoms with Crippen LogP contribution in [0.2, 0.25) is 0 Å². The second-order valence-electron chi connectivity index (χ2n) is 4.48. The van der Waals surface area contributed by atoms with Crippen molar-refractivity contribution in [3.63, 3.8) is 0 Å². The molecule has 4 heteroatoms. The summed E-state index contributed by atoms with van der Waals surface area (Å²) < 4.78 is 0. The van der Waals surface area contributed by atoms with Crippen LogP contribution in [0.1, 0.15) is 45.1 Å². The van der Waals surface area contributed by atoms with Crippen molar-refractivity contribution in [2.75, 3.05) is 5.32 Å². The number of nitrogens with one attached hydrogen (secondary N) is 1. The first-order valence-corrected chi connectivity index (χ1v) is 6.75. The Labute approximate surface area is 114 Å². The molecule has 104 valence electrons. The summed E-state index contributed by atoms with van der Waals surface area (Å²) in [5.41, 5.74) is 2.40. The number of rotatable bonds is 7. The van der Waals surface area contributed by atoms with E-state index in [9.17, 15) is 9.90 Å². The largest absolute Gasteiger partial charge is 0.392 e. The minimum absolute atomic E-state index is 0.112. The molecule has 0 bridgehead atoms. The average molecular weight is 262 g/mol. The van der Waals surface area contributed by atoms with Gasteiger partial charge in [0.2, 0.25) is 5.91 Å². The van der Waals surface area contributed by atoms with E-state index < -0.39 is 0 Å². The zero-order valence-corrected chi connectivity index (χ0v) is 11.6. The standard InChI is InChI=1S/C15H22N2O2/c1-3-5-12(6-4-2)9-15(19)17-14-10-16-8-7-13(14)11-18/h7-10,18H,3-6,11H2,1-2H3,(H,17,19). The lowest BCUT2D eigenvalue weighted by molar-refractivity contribution is -0.112. The highest BCUT2D eigenvalue weighted by atomic mass is 16.3. The summed E-state index contributed by atoms with van der Waals surface area (Å²) in [5.74, 6) is -0.153. The first-order chi connectivity index (χ1) is 9.21. The van der Waals surface area contributed by atoms with Gasteiger partial charge in [0.05, 0.1) is 18.5 Å². The monoisotopic (exact) mass is 262 g/mol. The van der Waals surface area contributed by atoms with Crippen LogP contribution in [0.25, 0.3) is 0 Å². The van der Waals surface area contributed by atoms with Crippen molar-refractivity contribution in [3.8, 4) is 0 Å². The van der Waals surface area contributed by atoms with Gasteiger partial charge in [-0.2, -0.15) is 0 Å². The van der Waals surface area contributed by atoms with E-state index in [1.165, 1.54) is 0 Å². The predicted molar refractivity (Wildman–Crippen MR) is 76.7 cm³/mol. The van der Waals surface area contributed by atoms with Crippen molar-refractivity contribution in [2.24, 2.45) is 0 Å². The number of carbonyl (C=O) groups is 1. The smallest absolute Gasteiger partial charge is 0.248 e. The summed E-state index contributed by atoms with van der Waals surface area (Å²) in [4.78, 5) is 15.9. The van der Waals surface area contributed by atoms with Crippen LogP contribution < -0.4 is 5.32 Å². The highest BCUT2D eigenvalue weighted by Crippen LogP contribution is 2.15. The highest BCUT2D eigenvalue weighted by Gasteiger charge is 2.05. The zero-order valence-electron chi connectivity index (χ0n) is 11.6. The van der Waals surface area contributed by atoms with Crippen LogP contribution >= 0.6 is 0 Å². The van der Waals surface area contributed by atoms with E-state index in [-0.39, 0.29) is 12.5 Å². The van der Waals surface area contributed by atoms with Crippen LogP contribution in [0.15, 0.2) is 30.1 Å². The summed E-state index contributed by atoms with van der Waals surface area (Å²) >= 11 is 0. The number of pyridine rings is 1. The van der Waals surface area contributed by atoms with Crippen molar-refractivity contribution in [1.82, 2.24) is 4.98 Å². The Hall–Kier alpha value is -1.68. The van der Waals surface area contributed by atoms with Crippen molar-refractivity contribution in [2.45, 2.75) is 46.1 Å². The minimum Gasteiger partial charge on any atom is -0.392 e. The van der Waals surface area contributed by atoms with Crippen LogP contribution in [0.5, 0.6) is 0 Å². The van der Waals surface area contributed by atoms with Gasteiger partial charge in [0, 0.05) is 17.8 Å². The van der Waals surface area contributed by atoms with Gasteiger partial charge in [-0.1, -0.05) is 32.3 Å². The lowest BCUT2D eigenvalue weighted by Gasteiger charge is -2.08. The molecule has 0 aliphatic heterocycles. The zero-order chi connectivity index (χ0) is 14.1. The van der Waals surface area contributed by atoms with Crippen LogP contribution in [0, 0.1) is 0 Å². The van der Waals surface area contributed by atoms with Gasteiger partial charge < -0.3 is 10.4 Å². The molecule has 0 unspecified atom stereocenters. The van der Waals surface area contributed by atoms with E-state index >= 15 is 0 Å². The Morgan fingerprint density at radius 1 is 1.37 bits per heavy atom. The van der Waals surface area contributed by atoms with Crippen molar-refractivity contribution in [3.05, 3.63) is 35.7 Å². The summed E-state index contributed by atoms with van der Waals surface area (Å²) in [6.07, 6.45) is 8.78. The molecule has 0 radical (unpaired) electrons. The molecule has 0 saturated heterocycles. The first-order valence-electron chi connectivity index (χ1n) is 6.75.